The topological polar surface area (TPSA) is 64.3 Å². The van der Waals surface area contributed by atoms with Gasteiger partial charge in [0.05, 0.1) is 0 Å². The van der Waals surface area contributed by atoms with Gasteiger partial charge >= 0.3 is 0 Å². The largest absolute Gasteiger partial charge is 0.481 e. The fourth-order valence-electron chi connectivity index (χ4n) is 1.56. The van der Waals surface area contributed by atoms with Gasteiger partial charge in [0.25, 0.3) is 5.91 Å². The van der Waals surface area contributed by atoms with Crippen LogP contribution in [0.2, 0.25) is 0 Å². The van der Waals surface area contributed by atoms with Crippen LogP contribution in [0, 0.1) is 0 Å². The molecule has 0 aliphatic rings. The summed E-state index contributed by atoms with van der Waals surface area (Å²) in [5.74, 6) is 0.242. The van der Waals surface area contributed by atoms with Crippen molar-refractivity contribution in [1.29, 1.82) is 0 Å². The second-order valence-electron chi connectivity index (χ2n) is 5.66. The number of nitrogens with two attached hydrogens (primary N) is 1. The second-order valence-corrected chi connectivity index (χ2v) is 5.66. The smallest absolute Gasteiger partial charge is 0.258 e. The molecule has 4 heteroatoms. The number of carbonyl (C=O) groups is 1. The number of hydrogen-bond donors (Lipinski definition) is 2. The number of carbonyl (C=O) groups excluding carboxylic acids is 1. The summed E-state index contributed by atoms with van der Waals surface area (Å²) in [6, 6.07) is 7.71. The van der Waals surface area contributed by atoms with E-state index in [-0.39, 0.29) is 5.54 Å². The molecule has 0 saturated heterocycles. The molecule has 0 aliphatic carbocycles. The Labute approximate surface area is 115 Å². The maximum Gasteiger partial charge on any atom is 0.258 e. The predicted molar refractivity (Wildman–Crippen MR) is 76.9 cm³/mol. The van der Waals surface area contributed by atoms with Crippen molar-refractivity contribution in [2.24, 2.45) is 5.73 Å². The molecule has 1 rings (SSSR count). The molecule has 1 aromatic rings. The molecule has 0 spiro atoms. The zero-order chi connectivity index (χ0) is 14.5. The Morgan fingerprint density at radius 3 is 2.32 bits per heavy atom. The molecular formula is C15H24N2O2. The Morgan fingerprint density at radius 2 is 1.89 bits per heavy atom. The van der Waals surface area contributed by atoms with Crippen LogP contribution in [0.3, 0.4) is 0 Å². The highest BCUT2D eigenvalue weighted by Crippen LogP contribution is 2.15. The van der Waals surface area contributed by atoms with E-state index in [1.165, 1.54) is 5.56 Å². The van der Waals surface area contributed by atoms with Gasteiger partial charge in [0, 0.05) is 12.1 Å². The van der Waals surface area contributed by atoms with Crippen LogP contribution < -0.4 is 15.8 Å². The number of nitrogens with one attached hydrogen (secondary N) is 1. The van der Waals surface area contributed by atoms with E-state index in [9.17, 15) is 4.79 Å². The highest BCUT2D eigenvalue weighted by atomic mass is 16.5. The summed E-state index contributed by atoms with van der Waals surface area (Å²) in [5, 5.41) is 3.41. The van der Waals surface area contributed by atoms with E-state index in [1.807, 2.05) is 31.2 Å². The number of primary amides is 1. The first-order valence-corrected chi connectivity index (χ1v) is 6.62. The fraction of sp³-hybridized carbons (Fsp3) is 0.533. The van der Waals surface area contributed by atoms with Crippen molar-refractivity contribution >= 4 is 5.91 Å². The van der Waals surface area contributed by atoms with Gasteiger partial charge in [0.1, 0.15) is 5.75 Å². The van der Waals surface area contributed by atoms with Gasteiger partial charge in [-0.05, 0) is 44.9 Å². The molecule has 0 aliphatic heterocycles. The Balaban J connectivity index is 2.59. The second kappa shape index (κ2) is 6.57. The van der Waals surface area contributed by atoms with Crippen molar-refractivity contribution in [2.45, 2.75) is 52.3 Å². The molecule has 4 nitrogen and oxygen atoms in total. The average molecular weight is 264 g/mol. The Hall–Kier alpha value is -1.55. The van der Waals surface area contributed by atoms with Crippen LogP contribution in [-0.4, -0.2) is 17.6 Å². The first kappa shape index (κ1) is 15.5. The number of amides is 1. The van der Waals surface area contributed by atoms with Crippen LogP contribution in [0.1, 0.15) is 39.7 Å². The van der Waals surface area contributed by atoms with Gasteiger partial charge in [0.15, 0.2) is 6.10 Å². The van der Waals surface area contributed by atoms with Crippen LogP contribution in [0.5, 0.6) is 5.75 Å². The summed E-state index contributed by atoms with van der Waals surface area (Å²) in [4.78, 5) is 11.1. The standard InChI is InChI=1S/C15H24N2O2/c1-5-13(14(16)18)19-12-8-6-11(7-9-12)10-17-15(2,3)4/h6-9,13,17H,5,10H2,1-4H3,(H2,16,18). The molecule has 3 N–H and O–H groups in total. The molecule has 106 valence electrons. The highest BCUT2D eigenvalue weighted by Gasteiger charge is 2.14. The van der Waals surface area contributed by atoms with Crippen LogP contribution in [0.4, 0.5) is 0 Å². The van der Waals surface area contributed by atoms with E-state index >= 15 is 0 Å². The maximum absolute atomic E-state index is 11.1. The maximum atomic E-state index is 11.1. The van der Waals surface area contributed by atoms with Crippen molar-refractivity contribution in [3.05, 3.63) is 29.8 Å². The lowest BCUT2D eigenvalue weighted by Gasteiger charge is -2.20. The molecule has 0 radical (unpaired) electrons. The van der Waals surface area contributed by atoms with Gasteiger partial charge in [-0.3, -0.25) is 4.79 Å². The molecular weight excluding hydrogens is 240 g/mol. The van der Waals surface area contributed by atoms with Crippen molar-refractivity contribution in [3.63, 3.8) is 0 Å². The number of ether oxygens (including phenoxy) is 1. The number of benzene rings is 1. The number of hydrogen-bond acceptors (Lipinski definition) is 3. The van der Waals surface area contributed by atoms with Crippen molar-refractivity contribution in [3.8, 4) is 5.75 Å². The molecule has 19 heavy (non-hydrogen) atoms. The Kier molecular flexibility index (Phi) is 5.36. The first-order chi connectivity index (χ1) is 8.81. The molecule has 0 aromatic heterocycles. The fourth-order valence-corrected chi connectivity index (χ4v) is 1.56. The predicted octanol–water partition coefficient (Wildman–Crippen LogP) is 2.22. The lowest BCUT2D eigenvalue weighted by atomic mass is 10.1. The van der Waals surface area contributed by atoms with E-state index in [0.29, 0.717) is 12.2 Å². The first-order valence-electron chi connectivity index (χ1n) is 6.62. The quantitative estimate of drug-likeness (QED) is 0.828. The van der Waals surface area contributed by atoms with Crippen molar-refractivity contribution < 1.29 is 9.53 Å². The molecule has 0 saturated carbocycles. The van der Waals surface area contributed by atoms with Gasteiger partial charge in [-0.1, -0.05) is 19.1 Å². The molecule has 1 unspecified atom stereocenters. The van der Waals surface area contributed by atoms with Crippen LogP contribution in [0.25, 0.3) is 0 Å². The summed E-state index contributed by atoms with van der Waals surface area (Å²) >= 11 is 0. The summed E-state index contributed by atoms with van der Waals surface area (Å²) in [6.07, 6.45) is 0.0152. The number of rotatable bonds is 6. The summed E-state index contributed by atoms with van der Waals surface area (Å²) in [5.41, 5.74) is 6.51. The normalized spacial score (nSPS) is 13.1. The van der Waals surface area contributed by atoms with Gasteiger partial charge < -0.3 is 15.8 Å². The molecule has 1 atom stereocenters. The van der Waals surface area contributed by atoms with Gasteiger partial charge in [0.2, 0.25) is 0 Å². The third-order valence-electron chi connectivity index (χ3n) is 2.71. The monoisotopic (exact) mass is 264 g/mol. The van der Waals surface area contributed by atoms with Gasteiger partial charge in [-0.25, -0.2) is 0 Å². The molecule has 1 amide bonds. The van der Waals surface area contributed by atoms with E-state index < -0.39 is 12.0 Å². The van der Waals surface area contributed by atoms with Crippen LogP contribution >= 0.6 is 0 Å². The lowest BCUT2D eigenvalue weighted by molar-refractivity contribution is -0.124. The minimum atomic E-state index is -0.557. The van der Waals surface area contributed by atoms with Crippen molar-refractivity contribution in [1.82, 2.24) is 5.32 Å². The summed E-state index contributed by atoms with van der Waals surface area (Å²) in [6.45, 7) is 9.06. The average Bonchev–Trinajstić information content (AvgIpc) is 2.33. The zero-order valence-corrected chi connectivity index (χ0v) is 12.2. The van der Waals surface area contributed by atoms with E-state index in [0.717, 1.165) is 6.54 Å². The zero-order valence-electron chi connectivity index (χ0n) is 12.2. The van der Waals surface area contributed by atoms with E-state index in [4.69, 9.17) is 10.5 Å². The highest BCUT2D eigenvalue weighted by molar-refractivity contribution is 5.79. The minimum absolute atomic E-state index is 0.0917. The van der Waals surface area contributed by atoms with Crippen LogP contribution in [-0.2, 0) is 11.3 Å². The molecule has 0 fully saturated rings. The molecule has 0 heterocycles. The third-order valence-corrected chi connectivity index (χ3v) is 2.71. The lowest BCUT2D eigenvalue weighted by Crippen LogP contribution is -2.35. The van der Waals surface area contributed by atoms with E-state index in [1.54, 1.807) is 0 Å². The Bertz CT molecular complexity index is 407. The summed E-state index contributed by atoms with van der Waals surface area (Å²) < 4.78 is 5.53. The third kappa shape index (κ3) is 5.75. The molecule has 0 bridgehead atoms. The summed E-state index contributed by atoms with van der Waals surface area (Å²) in [7, 11) is 0. The van der Waals surface area contributed by atoms with Crippen LogP contribution in [0.15, 0.2) is 24.3 Å². The van der Waals surface area contributed by atoms with Gasteiger partial charge in [-0.15, -0.1) is 0 Å². The van der Waals surface area contributed by atoms with Gasteiger partial charge in [-0.2, -0.15) is 0 Å². The SMILES string of the molecule is CCC(Oc1ccc(CNC(C)(C)C)cc1)C(N)=O. The Morgan fingerprint density at radius 1 is 1.32 bits per heavy atom. The van der Waals surface area contributed by atoms with E-state index in [2.05, 4.69) is 26.1 Å². The molecule has 1 aromatic carbocycles. The minimum Gasteiger partial charge on any atom is -0.481 e. The van der Waals surface area contributed by atoms with Crippen molar-refractivity contribution in [2.75, 3.05) is 0 Å².